The lowest BCUT2D eigenvalue weighted by Gasteiger charge is -2.07. The summed E-state index contributed by atoms with van der Waals surface area (Å²) in [6.45, 7) is 3.82. The van der Waals surface area contributed by atoms with Gasteiger partial charge in [0.2, 0.25) is 0 Å². The molecule has 17 heavy (non-hydrogen) atoms. The van der Waals surface area contributed by atoms with E-state index >= 15 is 0 Å². The summed E-state index contributed by atoms with van der Waals surface area (Å²) in [6, 6.07) is 3.42. The van der Waals surface area contributed by atoms with Crippen molar-refractivity contribution in [2.45, 2.75) is 30.1 Å². The Morgan fingerprint density at radius 3 is 2.76 bits per heavy atom. The van der Waals surface area contributed by atoms with Crippen molar-refractivity contribution in [3.63, 3.8) is 0 Å². The summed E-state index contributed by atoms with van der Waals surface area (Å²) in [6.07, 6.45) is 0. The van der Waals surface area contributed by atoms with Gasteiger partial charge in [-0.3, -0.25) is 4.57 Å². The predicted molar refractivity (Wildman–Crippen MR) is 63.8 cm³/mol. The van der Waals surface area contributed by atoms with E-state index in [2.05, 4.69) is 20.4 Å². The second kappa shape index (κ2) is 4.58. The molecule has 2 rings (SSSR count). The maximum atomic E-state index is 11.5. The molecule has 0 saturated carbocycles. The second-order valence-corrected chi connectivity index (χ2v) is 4.66. The molecule has 0 amide bonds. The van der Waals surface area contributed by atoms with Crippen molar-refractivity contribution in [2.75, 3.05) is 5.73 Å². The monoisotopic (exact) mass is 252 g/mol. The number of aromatic nitrogens is 5. The van der Waals surface area contributed by atoms with Crippen LogP contribution in [0.4, 0.5) is 5.82 Å². The summed E-state index contributed by atoms with van der Waals surface area (Å²) in [4.78, 5) is 11.5. The number of nitrogens with zero attached hydrogens (tertiary/aromatic N) is 4. The Kier molecular flexibility index (Phi) is 3.14. The third kappa shape index (κ3) is 2.47. The number of H-pyrrole nitrogens is 1. The van der Waals surface area contributed by atoms with Crippen LogP contribution in [-0.2, 0) is 0 Å². The zero-order valence-electron chi connectivity index (χ0n) is 9.41. The van der Waals surface area contributed by atoms with Gasteiger partial charge < -0.3 is 5.73 Å². The average molecular weight is 252 g/mol. The third-order valence-electron chi connectivity index (χ3n) is 2.05. The topological polar surface area (TPSA) is 102 Å². The van der Waals surface area contributed by atoms with Crippen LogP contribution in [0.25, 0.3) is 0 Å². The van der Waals surface area contributed by atoms with Crippen LogP contribution >= 0.6 is 11.8 Å². The number of nitrogens with one attached hydrogen (secondary N) is 1. The van der Waals surface area contributed by atoms with Gasteiger partial charge in [0.15, 0.2) is 5.16 Å². The number of aromatic amines is 1. The molecule has 0 aromatic carbocycles. The lowest BCUT2D eigenvalue weighted by molar-refractivity contribution is 0.533. The largest absolute Gasteiger partial charge is 0.382 e. The van der Waals surface area contributed by atoms with Gasteiger partial charge in [-0.2, -0.15) is 0 Å². The summed E-state index contributed by atoms with van der Waals surface area (Å²) in [7, 11) is 0. The highest BCUT2D eigenvalue weighted by molar-refractivity contribution is 7.99. The lowest BCUT2D eigenvalue weighted by Crippen LogP contribution is -2.19. The van der Waals surface area contributed by atoms with E-state index in [1.54, 1.807) is 16.7 Å². The fourth-order valence-electron chi connectivity index (χ4n) is 1.30. The number of nitrogen functional groups attached to an aromatic ring is 1. The summed E-state index contributed by atoms with van der Waals surface area (Å²) in [5.41, 5.74) is 5.21. The first kappa shape index (κ1) is 11.6. The molecule has 0 fully saturated rings. The van der Waals surface area contributed by atoms with Crippen molar-refractivity contribution >= 4 is 17.6 Å². The molecular weight excluding hydrogens is 240 g/mol. The van der Waals surface area contributed by atoms with Gasteiger partial charge in [0.25, 0.3) is 0 Å². The van der Waals surface area contributed by atoms with Crippen LogP contribution in [0, 0.1) is 0 Å². The van der Waals surface area contributed by atoms with Crippen LogP contribution in [0.5, 0.6) is 0 Å². The molecule has 0 saturated heterocycles. The van der Waals surface area contributed by atoms with E-state index in [9.17, 15) is 4.79 Å². The van der Waals surface area contributed by atoms with Gasteiger partial charge in [-0.25, -0.2) is 9.89 Å². The van der Waals surface area contributed by atoms with Crippen LogP contribution in [0.3, 0.4) is 0 Å². The Bertz CT molecular complexity index is 558. The molecule has 2 aromatic rings. The van der Waals surface area contributed by atoms with Crippen molar-refractivity contribution in [1.82, 2.24) is 25.0 Å². The summed E-state index contributed by atoms with van der Waals surface area (Å²) < 4.78 is 1.56. The van der Waals surface area contributed by atoms with Gasteiger partial charge in [0.05, 0.1) is 0 Å². The Morgan fingerprint density at radius 1 is 1.41 bits per heavy atom. The van der Waals surface area contributed by atoms with E-state index in [0.717, 1.165) is 0 Å². The van der Waals surface area contributed by atoms with Crippen LogP contribution in [0.2, 0.25) is 0 Å². The number of hydrogen-bond acceptors (Lipinski definition) is 6. The van der Waals surface area contributed by atoms with Crippen molar-refractivity contribution in [1.29, 1.82) is 0 Å². The molecule has 0 atom stereocenters. The van der Waals surface area contributed by atoms with Crippen LogP contribution in [-0.4, -0.2) is 25.0 Å². The molecule has 2 heterocycles. The highest BCUT2D eigenvalue weighted by Crippen LogP contribution is 2.24. The molecule has 7 nitrogen and oxygen atoms in total. The smallest absolute Gasteiger partial charge is 0.344 e. The normalized spacial score (nSPS) is 11.0. The molecule has 0 radical (unpaired) electrons. The molecule has 90 valence electrons. The Hall–Kier alpha value is -1.83. The van der Waals surface area contributed by atoms with Gasteiger partial charge in [-0.1, -0.05) is 0 Å². The first-order chi connectivity index (χ1) is 8.08. The van der Waals surface area contributed by atoms with Gasteiger partial charge in [0.1, 0.15) is 10.8 Å². The van der Waals surface area contributed by atoms with Gasteiger partial charge in [-0.15, -0.1) is 15.3 Å². The van der Waals surface area contributed by atoms with Crippen molar-refractivity contribution < 1.29 is 0 Å². The first-order valence-electron chi connectivity index (χ1n) is 5.02. The number of anilines is 1. The fraction of sp³-hybridized carbons (Fsp3) is 0.333. The molecule has 0 spiro atoms. The van der Waals surface area contributed by atoms with Crippen molar-refractivity contribution in [3.8, 4) is 0 Å². The zero-order chi connectivity index (χ0) is 12.4. The molecule has 3 N–H and O–H groups in total. The SMILES string of the molecule is CC(C)n1c(Sc2ccc(N)nn2)n[nH]c1=O. The average Bonchev–Trinajstić information content (AvgIpc) is 2.63. The van der Waals surface area contributed by atoms with Gasteiger partial charge >= 0.3 is 5.69 Å². The van der Waals surface area contributed by atoms with E-state index in [4.69, 9.17) is 5.73 Å². The van der Waals surface area contributed by atoms with E-state index in [1.807, 2.05) is 13.8 Å². The molecular formula is C9H12N6OS. The maximum Gasteiger partial charge on any atom is 0.344 e. The standard InChI is InChI=1S/C9H12N6OS/c1-5(2)15-8(16)13-14-9(15)17-7-4-3-6(10)11-12-7/h3-5H,1-2H3,(H2,10,11)(H,13,16). The van der Waals surface area contributed by atoms with E-state index < -0.39 is 0 Å². The minimum atomic E-state index is -0.231. The number of nitrogens with two attached hydrogens (primary N) is 1. The molecule has 8 heteroatoms. The van der Waals surface area contributed by atoms with Crippen LogP contribution in [0.1, 0.15) is 19.9 Å². The Balaban J connectivity index is 2.30. The lowest BCUT2D eigenvalue weighted by atomic mass is 10.4. The highest BCUT2D eigenvalue weighted by atomic mass is 32.2. The summed E-state index contributed by atoms with van der Waals surface area (Å²) in [5, 5.41) is 15.2. The van der Waals surface area contributed by atoms with E-state index in [-0.39, 0.29) is 11.7 Å². The minimum Gasteiger partial charge on any atom is -0.382 e. The van der Waals surface area contributed by atoms with Crippen LogP contribution in [0.15, 0.2) is 27.1 Å². The molecule has 0 aliphatic heterocycles. The van der Waals surface area contributed by atoms with Gasteiger partial charge in [0, 0.05) is 6.04 Å². The highest BCUT2D eigenvalue weighted by Gasteiger charge is 2.13. The predicted octanol–water partition coefficient (Wildman–Crippen LogP) is 0.676. The quantitative estimate of drug-likeness (QED) is 0.832. The summed E-state index contributed by atoms with van der Waals surface area (Å²) >= 11 is 1.26. The molecule has 0 unspecified atom stereocenters. The maximum absolute atomic E-state index is 11.5. The molecule has 0 bridgehead atoms. The second-order valence-electron chi connectivity index (χ2n) is 3.67. The Morgan fingerprint density at radius 2 is 2.18 bits per heavy atom. The van der Waals surface area contributed by atoms with Crippen LogP contribution < -0.4 is 11.4 Å². The minimum absolute atomic E-state index is 0.0329. The van der Waals surface area contributed by atoms with Crippen molar-refractivity contribution in [2.24, 2.45) is 0 Å². The third-order valence-corrected chi connectivity index (χ3v) is 2.94. The summed E-state index contributed by atoms with van der Waals surface area (Å²) in [5.74, 6) is 0.359. The Labute approximate surface area is 101 Å². The fourth-order valence-corrected chi connectivity index (χ4v) is 2.18. The molecule has 2 aromatic heterocycles. The number of hydrogen-bond donors (Lipinski definition) is 2. The first-order valence-corrected chi connectivity index (χ1v) is 5.83. The van der Waals surface area contributed by atoms with Crippen molar-refractivity contribution in [3.05, 3.63) is 22.6 Å². The number of rotatable bonds is 3. The van der Waals surface area contributed by atoms with Gasteiger partial charge in [-0.05, 0) is 37.7 Å². The van der Waals surface area contributed by atoms with E-state index in [1.165, 1.54) is 11.8 Å². The van der Waals surface area contributed by atoms with E-state index in [0.29, 0.717) is 16.0 Å². The molecule has 0 aliphatic rings. The zero-order valence-corrected chi connectivity index (χ0v) is 10.2. The molecule has 0 aliphatic carbocycles.